The Bertz CT molecular complexity index is 1180. The fourth-order valence-corrected chi connectivity index (χ4v) is 5.26. The number of carbonyl (C=O) groups excluding carboxylic acids is 2. The number of benzene rings is 3. The molecule has 33 heavy (non-hydrogen) atoms. The molecule has 3 aromatic rings. The van der Waals surface area contributed by atoms with Crippen LogP contribution in [0.2, 0.25) is 0 Å². The number of methoxy groups -OCH3 is 1. The molecule has 6 nitrogen and oxygen atoms in total. The van der Waals surface area contributed by atoms with Crippen molar-refractivity contribution in [2.24, 2.45) is 0 Å². The third-order valence-corrected chi connectivity index (χ3v) is 6.76. The summed E-state index contributed by atoms with van der Waals surface area (Å²) in [5, 5.41) is 10.2. The maximum Gasteiger partial charge on any atom is 0.262 e. The third-order valence-electron chi connectivity index (χ3n) is 6.76. The molecule has 0 bridgehead atoms. The SMILES string of the molecule is COc1ccccc1C(=O)N1C[C@@H]2[C@H](c3ccccc31)[C@@H](CO)N2C(=O)Cc1ccccc1. The summed E-state index contributed by atoms with van der Waals surface area (Å²) >= 11 is 0. The van der Waals surface area contributed by atoms with E-state index in [2.05, 4.69) is 0 Å². The Labute approximate surface area is 193 Å². The lowest BCUT2D eigenvalue weighted by Crippen LogP contribution is -2.71. The zero-order valence-corrected chi connectivity index (χ0v) is 18.4. The maximum atomic E-state index is 13.6. The van der Waals surface area contributed by atoms with Crippen LogP contribution in [0.1, 0.15) is 27.4 Å². The molecule has 2 aliphatic rings. The van der Waals surface area contributed by atoms with E-state index in [-0.39, 0.29) is 42.8 Å². The first-order valence-electron chi connectivity index (χ1n) is 11.1. The van der Waals surface area contributed by atoms with Crippen LogP contribution in [0, 0.1) is 0 Å². The van der Waals surface area contributed by atoms with Crippen LogP contribution in [0.3, 0.4) is 0 Å². The van der Waals surface area contributed by atoms with Gasteiger partial charge in [-0.1, -0.05) is 60.7 Å². The summed E-state index contributed by atoms with van der Waals surface area (Å²) < 4.78 is 5.42. The summed E-state index contributed by atoms with van der Waals surface area (Å²) in [7, 11) is 1.55. The normalized spacial score (nSPS) is 21.0. The fourth-order valence-electron chi connectivity index (χ4n) is 5.26. The van der Waals surface area contributed by atoms with Crippen molar-refractivity contribution in [2.45, 2.75) is 24.4 Å². The van der Waals surface area contributed by atoms with Gasteiger partial charge in [-0.15, -0.1) is 0 Å². The number of amides is 2. The molecule has 168 valence electrons. The van der Waals surface area contributed by atoms with Crippen molar-refractivity contribution >= 4 is 17.5 Å². The predicted octanol–water partition coefficient (Wildman–Crippen LogP) is 3.25. The summed E-state index contributed by atoms with van der Waals surface area (Å²) in [5.74, 6) is 0.306. The van der Waals surface area contributed by atoms with E-state index in [0.717, 1.165) is 16.8 Å². The largest absolute Gasteiger partial charge is 0.496 e. The number of aliphatic hydroxyl groups is 1. The van der Waals surface area contributed by atoms with Crippen molar-refractivity contribution < 1.29 is 19.4 Å². The Morgan fingerprint density at radius 3 is 2.42 bits per heavy atom. The quantitative estimate of drug-likeness (QED) is 0.659. The van der Waals surface area contributed by atoms with Crippen LogP contribution in [0.5, 0.6) is 5.75 Å². The number of ether oxygens (including phenoxy) is 1. The van der Waals surface area contributed by atoms with Gasteiger partial charge in [0, 0.05) is 18.2 Å². The average molecular weight is 443 g/mol. The maximum absolute atomic E-state index is 13.6. The highest BCUT2D eigenvalue weighted by molar-refractivity contribution is 6.09. The molecule has 3 aromatic carbocycles. The minimum absolute atomic E-state index is 0.00681. The highest BCUT2D eigenvalue weighted by Crippen LogP contribution is 2.48. The van der Waals surface area contributed by atoms with Crippen LogP contribution in [0.25, 0.3) is 0 Å². The number of nitrogens with zero attached hydrogens (tertiary/aromatic N) is 2. The van der Waals surface area contributed by atoms with Gasteiger partial charge in [0.2, 0.25) is 5.91 Å². The molecule has 0 aliphatic carbocycles. The molecule has 2 heterocycles. The van der Waals surface area contributed by atoms with E-state index in [9.17, 15) is 14.7 Å². The molecule has 0 radical (unpaired) electrons. The van der Waals surface area contributed by atoms with Crippen LogP contribution >= 0.6 is 0 Å². The van der Waals surface area contributed by atoms with E-state index in [0.29, 0.717) is 17.9 Å². The van der Waals surface area contributed by atoms with Crippen LogP contribution in [0.15, 0.2) is 78.9 Å². The molecule has 0 spiro atoms. The predicted molar refractivity (Wildman–Crippen MR) is 126 cm³/mol. The van der Waals surface area contributed by atoms with Gasteiger partial charge < -0.3 is 19.6 Å². The molecule has 5 rings (SSSR count). The van der Waals surface area contributed by atoms with Gasteiger partial charge in [0.15, 0.2) is 0 Å². The van der Waals surface area contributed by atoms with Gasteiger partial charge >= 0.3 is 0 Å². The van der Waals surface area contributed by atoms with Gasteiger partial charge in [0.1, 0.15) is 5.75 Å². The number of anilines is 1. The van der Waals surface area contributed by atoms with Crippen molar-refractivity contribution in [1.82, 2.24) is 4.90 Å². The van der Waals surface area contributed by atoms with Crippen LogP contribution in [0.4, 0.5) is 5.69 Å². The zero-order valence-electron chi connectivity index (χ0n) is 18.4. The standard InChI is InChI=1S/C27H26N2O4/c1-33-24-14-8-6-12-20(24)27(32)28-16-22-26(19-11-5-7-13-21(19)28)23(17-30)29(22)25(31)15-18-9-3-2-4-10-18/h2-14,22-23,26,30H,15-17H2,1H3/t22-,23-,26+/m1/s1. The van der Waals surface area contributed by atoms with E-state index >= 15 is 0 Å². The molecule has 1 fully saturated rings. The molecular formula is C27H26N2O4. The lowest BCUT2D eigenvalue weighted by molar-refractivity contribution is -0.149. The molecule has 2 aliphatic heterocycles. The van der Waals surface area contributed by atoms with E-state index in [1.165, 1.54) is 0 Å². The second-order valence-electron chi connectivity index (χ2n) is 8.48. The van der Waals surface area contributed by atoms with Crippen molar-refractivity contribution in [2.75, 3.05) is 25.2 Å². The molecule has 2 amide bonds. The van der Waals surface area contributed by atoms with Crippen molar-refractivity contribution in [1.29, 1.82) is 0 Å². The number of para-hydroxylation sites is 2. The minimum atomic E-state index is -0.295. The van der Waals surface area contributed by atoms with E-state index in [1.807, 2.05) is 66.7 Å². The number of hydrogen-bond donors (Lipinski definition) is 1. The van der Waals surface area contributed by atoms with E-state index in [1.54, 1.807) is 29.0 Å². The van der Waals surface area contributed by atoms with Gasteiger partial charge in [0.25, 0.3) is 5.91 Å². The third kappa shape index (κ3) is 3.56. The van der Waals surface area contributed by atoms with Crippen LogP contribution in [-0.2, 0) is 11.2 Å². The van der Waals surface area contributed by atoms with Crippen molar-refractivity contribution in [3.05, 3.63) is 95.6 Å². The van der Waals surface area contributed by atoms with Gasteiger partial charge in [0.05, 0.1) is 37.8 Å². The molecular weight excluding hydrogens is 416 g/mol. The van der Waals surface area contributed by atoms with Crippen LogP contribution < -0.4 is 9.64 Å². The minimum Gasteiger partial charge on any atom is -0.496 e. The first-order chi connectivity index (χ1) is 16.1. The summed E-state index contributed by atoms with van der Waals surface area (Å²) in [6.07, 6.45) is 0.267. The monoisotopic (exact) mass is 442 g/mol. The van der Waals surface area contributed by atoms with Gasteiger partial charge in [-0.05, 0) is 29.3 Å². The second-order valence-corrected chi connectivity index (χ2v) is 8.48. The molecule has 1 saturated heterocycles. The summed E-state index contributed by atoms with van der Waals surface area (Å²) in [6, 6.07) is 24.1. The summed E-state index contributed by atoms with van der Waals surface area (Å²) in [4.78, 5) is 30.4. The Balaban J connectivity index is 1.49. The smallest absolute Gasteiger partial charge is 0.262 e. The molecule has 3 atom stereocenters. The Kier molecular flexibility index (Phi) is 5.60. The van der Waals surface area contributed by atoms with Crippen molar-refractivity contribution in [3.63, 3.8) is 0 Å². The van der Waals surface area contributed by atoms with Crippen molar-refractivity contribution in [3.8, 4) is 5.75 Å². The first kappa shape index (κ1) is 21.2. The summed E-state index contributed by atoms with van der Waals surface area (Å²) in [6.45, 7) is 0.256. The number of rotatable bonds is 5. The molecule has 0 unspecified atom stereocenters. The summed E-state index contributed by atoms with van der Waals surface area (Å²) in [5.41, 5.74) is 3.22. The number of likely N-dealkylation sites (tertiary alicyclic amines) is 1. The van der Waals surface area contributed by atoms with Gasteiger partial charge in [-0.3, -0.25) is 9.59 Å². The lowest BCUT2D eigenvalue weighted by Gasteiger charge is -2.59. The number of aliphatic hydroxyl groups excluding tert-OH is 1. The second kappa shape index (κ2) is 8.71. The average Bonchev–Trinajstić information content (AvgIpc) is 2.84. The lowest BCUT2D eigenvalue weighted by atomic mass is 9.71. The topological polar surface area (TPSA) is 70.1 Å². The van der Waals surface area contributed by atoms with E-state index < -0.39 is 0 Å². The van der Waals surface area contributed by atoms with Gasteiger partial charge in [-0.25, -0.2) is 0 Å². The van der Waals surface area contributed by atoms with Crippen LogP contribution in [-0.4, -0.2) is 54.2 Å². The number of carbonyl (C=O) groups is 2. The Hall–Kier alpha value is -3.64. The Morgan fingerprint density at radius 1 is 0.970 bits per heavy atom. The molecule has 0 saturated carbocycles. The number of fused-ring (bicyclic) bond motifs is 3. The fraction of sp³-hybridized carbons (Fsp3) is 0.259. The molecule has 0 aromatic heterocycles. The first-order valence-corrected chi connectivity index (χ1v) is 11.1. The highest BCUT2D eigenvalue weighted by atomic mass is 16.5. The van der Waals surface area contributed by atoms with E-state index in [4.69, 9.17) is 4.74 Å². The molecule has 1 N–H and O–H groups in total. The zero-order chi connectivity index (χ0) is 22.9. The molecule has 6 heteroatoms. The Morgan fingerprint density at radius 2 is 1.67 bits per heavy atom. The number of hydrogen-bond acceptors (Lipinski definition) is 4. The van der Waals surface area contributed by atoms with Gasteiger partial charge in [-0.2, -0.15) is 0 Å². The highest BCUT2D eigenvalue weighted by Gasteiger charge is 2.55.